The Balaban J connectivity index is 1.54. The highest BCUT2D eigenvalue weighted by atomic mass is 16.7. The third-order valence-electron chi connectivity index (χ3n) is 6.10. The largest absolute Gasteiger partial charge is 0.492 e. The number of hydrogen-bond acceptors (Lipinski definition) is 4. The second-order valence-electron chi connectivity index (χ2n) is 10.6. The molecule has 30 heavy (non-hydrogen) atoms. The number of benzene rings is 2. The van der Waals surface area contributed by atoms with Crippen LogP contribution in [0.3, 0.4) is 0 Å². The van der Waals surface area contributed by atoms with Crippen LogP contribution in [0.25, 0.3) is 0 Å². The Morgan fingerprint density at radius 3 is 2.20 bits per heavy atom. The number of hydrogen-bond donors (Lipinski definition) is 0. The highest BCUT2D eigenvalue weighted by molar-refractivity contribution is 6.02. The predicted octanol–water partition coefficient (Wildman–Crippen LogP) is 5.42. The van der Waals surface area contributed by atoms with Crippen molar-refractivity contribution in [3.8, 4) is 5.75 Å². The average molecular weight is 408 g/mol. The van der Waals surface area contributed by atoms with E-state index in [1.807, 2.05) is 11.1 Å². The highest BCUT2D eigenvalue weighted by Crippen LogP contribution is 2.41. The molecular formula is C26H33NO3. The summed E-state index contributed by atoms with van der Waals surface area (Å²) in [5.41, 5.74) is 5.41. The quantitative estimate of drug-likeness (QED) is 0.681. The second-order valence-corrected chi connectivity index (χ2v) is 10.6. The van der Waals surface area contributed by atoms with Crippen molar-refractivity contribution in [1.29, 1.82) is 0 Å². The molecule has 0 amide bonds. The fourth-order valence-electron chi connectivity index (χ4n) is 4.15. The van der Waals surface area contributed by atoms with Gasteiger partial charge in [0.15, 0.2) is 5.78 Å². The Hall–Kier alpha value is -2.17. The minimum atomic E-state index is -0.288. The molecule has 0 fully saturated rings. The summed E-state index contributed by atoms with van der Waals surface area (Å²) in [6, 6.07) is 12.6. The molecule has 4 rings (SSSR count). The molecule has 2 aliphatic rings. The van der Waals surface area contributed by atoms with Crippen LogP contribution in [0.1, 0.15) is 74.2 Å². The molecule has 0 aliphatic carbocycles. The monoisotopic (exact) mass is 407 g/mol. The SMILES string of the molecule is CC(C)(C)c1cc2c(c(C(C)(C)C)c1)OCC(CON1Cc3ccccc3C1)C2=O. The molecule has 0 aromatic heterocycles. The lowest BCUT2D eigenvalue weighted by Gasteiger charge is -2.33. The van der Waals surface area contributed by atoms with Gasteiger partial charge < -0.3 is 4.74 Å². The van der Waals surface area contributed by atoms with E-state index >= 15 is 0 Å². The van der Waals surface area contributed by atoms with Crippen LogP contribution in [0.2, 0.25) is 0 Å². The van der Waals surface area contributed by atoms with E-state index in [2.05, 4.69) is 71.9 Å². The van der Waals surface area contributed by atoms with Crippen molar-refractivity contribution < 1.29 is 14.4 Å². The van der Waals surface area contributed by atoms with Crippen LogP contribution in [0.4, 0.5) is 0 Å². The van der Waals surface area contributed by atoms with Gasteiger partial charge in [-0.1, -0.05) is 71.9 Å². The first-order valence-electron chi connectivity index (χ1n) is 10.8. The van der Waals surface area contributed by atoms with Crippen molar-refractivity contribution in [3.63, 3.8) is 0 Å². The minimum Gasteiger partial charge on any atom is -0.492 e. The maximum atomic E-state index is 13.4. The third-order valence-corrected chi connectivity index (χ3v) is 6.10. The van der Waals surface area contributed by atoms with Crippen LogP contribution in [0.15, 0.2) is 36.4 Å². The van der Waals surface area contributed by atoms with Gasteiger partial charge in [-0.2, -0.15) is 5.06 Å². The number of carbonyl (C=O) groups excluding carboxylic acids is 1. The van der Waals surface area contributed by atoms with Gasteiger partial charge in [0.25, 0.3) is 0 Å². The molecule has 4 heteroatoms. The molecule has 2 heterocycles. The van der Waals surface area contributed by atoms with Crippen LogP contribution in [-0.4, -0.2) is 24.1 Å². The normalized spacial score (nSPS) is 19.4. The third kappa shape index (κ3) is 4.03. The van der Waals surface area contributed by atoms with E-state index in [9.17, 15) is 4.79 Å². The van der Waals surface area contributed by atoms with Crippen LogP contribution >= 0.6 is 0 Å². The number of ketones is 1. The van der Waals surface area contributed by atoms with Crippen molar-refractivity contribution in [3.05, 3.63) is 64.2 Å². The van der Waals surface area contributed by atoms with Gasteiger partial charge in [0.05, 0.1) is 18.1 Å². The van der Waals surface area contributed by atoms with Gasteiger partial charge in [0.2, 0.25) is 0 Å². The summed E-state index contributed by atoms with van der Waals surface area (Å²) in [5, 5.41) is 1.94. The van der Waals surface area contributed by atoms with E-state index in [4.69, 9.17) is 9.57 Å². The van der Waals surface area contributed by atoms with Crippen LogP contribution in [-0.2, 0) is 28.8 Å². The molecule has 160 valence electrons. The number of hydroxylamine groups is 2. The summed E-state index contributed by atoms with van der Waals surface area (Å²) in [7, 11) is 0. The first-order chi connectivity index (χ1) is 14.0. The van der Waals surface area contributed by atoms with Crippen molar-refractivity contribution in [2.75, 3.05) is 13.2 Å². The Morgan fingerprint density at radius 2 is 1.63 bits per heavy atom. The molecule has 1 atom stereocenters. The van der Waals surface area contributed by atoms with Gasteiger partial charge >= 0.3 is 0 Å². The fourth-order valence-corrected chi connectivity index (χ4v) is 4.15. The summed E-state index contributed by atoms with van der Waals surface area (Å²) >= 11 is 0. The number of nitrogens with zero attached hydrogens (tertiary/aromatic N) is 1. The standard InChI is InChI=1S/C26H33NO3/c1-25(2,3)20-11-21-23(28)19(15-29-24(21)22(12-20)26(4,5)6)16-30-27-13-17-9-7-8-10-18(17)14-27/h7-12,19H,13-16H2,1-6H3. The molecule has 0 N–H and O–H groups in total. The lowest BCUT2D eigenvalue weighted by molar-refractivity contribution is -0.174. The lowest BCUT2D eigenvalue weighted by atomic mass is 9.77. The van der Waals surface area contributed by atoms with Crippen LogP contribution < -0.4 is 4.74 Å². The predicted molar refractivity (Wildman–Crippen MR) is 119 cm³/mol. The lowest BCUT2D eigenvalue weighted by Crippen LogP contribution is -2.35. The van der Waals surface area contributed by atoms with E-state index in [0.29, 0.717) is 18.8 Å². The van der Waals surface area contributed by atoms with Gasteiger partial charge in [-0.25, -0.2) is 0 Å². The van der Waals surface area contributed by atoms with E-state index in [-0.39, 0.29) is 22.5 Å². The fraction of sp³-hybridized carbons (Fsp3) is 0.500. The Morgan fingerprint density at radius 1 is 1.00 bits per heavy atom. The number of ether oxygens (including phenoxy) is 1. The number of carbonyl (C=O) groups is 1. The van der Waals surface area contributed by atoms with E-state index in [0.717, 1.165) is 24.4 Å². The minimum absolute atomic E-state index is 0.0416. The number of Topliss-reactive ketones (excluding diaryl/α,β-unsaturated/α-hetero) is 1. The molecule has 0 saturated heterocycles. The molecule has 0 bridgehead atoms. The van der Waals surface area contributed by atoms with E-state index in [1.165, 1.54) is 16.7 Å². The molecule has 0 saturated carbocycles. The summed E-state index contributed by atoms with van der Waals surface area (Å²) in [6.45, 7) is 15.3. The average Bonchev–Trinajstić information content (AvgIpc) is 3.08. The van der Waals surface area contributed by atoms with E-state index < -0.39 is 0 Å². The van der Waals surface area contributed by atoms with Crippen molar-refractivity contribution in [1.82, 2.24) is 5.06 Å². The molecular weight excluding hydrogens is 374 g/mol. The van der Waals surface area contributed by atoms with Gasteiger partial charge in [-0.05, 0) is 33.6 Å². The van der Waals surface area contributed by atoms with Gasteiger partial charge in [0.1, 0.15) is 12.4 Å². The molecule has 0 radical (unpaired) electrons. The maximum absolute atomic E-state index is 13.4. The summed E-state index contributed by atoms with van der Waals surface area (Å²) < 4.78 is 6.19. The molecule has 4 nitrogen and oxygen atoms in total. The zero-order chi connectivity index (χ0) is 21.7. The topological polar surface area (TPSA) is 38.8 Å². The van der Waals surface area contributed by atoms with Crippen molar-refractivity contribution >= 4 is 5.78 Å². The summed E-state index contributed by atoms with van der Waals surface area (Å²) in [4.78, 5) is 19.5. The summed E-state index contributed by atoms with van der Waals surface area (Å²) in [5.74, 6) is 0.596. The molecule has 1 unspecified atom stereocenters. The molecule has 2 aromatic carbocycles. The zero-order valence-electron chi connectivity index (χ0n) is 19.0. The Kier molecular flexibility index (Phi) is 5.27. The van der Waals surface area contributed by atoms with Crippen LogP contribution in [0.5, 0.6) is 5.75 Å². The molecule has 0 spiro atoms. The van der Waals surface area contributed by atoms with Gasteiger partial charge in [-0.3, -0.25) is 9.63 Å². The maximum Gasteiger partial charge on any atom is 0.175 e. The first-order valence-corrected chi connectivity index (χ1v) is 10.8. The smallest absolute Gasteiger partial charge is 0.175 e. The first kappa shape index (κ1) is 21.1. The Bertz CT molecular complexity index is 940. The second kappa shape index (κ2) is 7.51. The summed E-state index contributed by atoms with van der Waals surface area (Å²) in [6.07, 6.45) is 0. The van der Waals surface area contributed by atoms with Gasteiger partial charge in [-0.15, -0.1) is 0 Å². The zero-order valence-corrected chi connectivity index (χ0v) is 19.0. The Labute approximate surface area is 180 Å². The number of fused-ring (bicyclic) bond motifs is 2. The van der Waals surface area contributed by atoms with Crippen LogP contribution in [0, 0.1) is 5.92 Å². The highest BCUT2D eigenvalue weighted by Gasteiger charge is 2.35. The number of rotatable bonds is 3. The van der Waals surface area contributed by atoms with Gasteiger partial charge in [0, 0.05) is 18.7 Å². The van der Waals surface area contributed by atoms with Crippen molar-refractivity contribution in [2.45, 2.75) is 65.5 Å². The molecule has 2 aliphatic heterocycles. The van der Waals surface area contributed by atoms with Crippen molar-refractivity contribution in [2.24, 2.45) is 5.92 Å². The molecule has 2 aromatic rings. The van der Waals surface area contributed by atoms with E-state index in [1.54, 1.807) is 0 Å².